The number of nitrogens with two attached hydrogens (primary N) is 1. The molecule has 1 heterocycles. The van der Waals surface area contributed by atoms with Crippen molar-refractivity contribution in [1.82, 2.24) is 4.98 Å². The lowest BCUT2D eigenvalue weighted by atomic mass is 9.83. The Morgan fingerprint density at radius 3 is 2.55 bits per heavy atom. The Bertz CT molecular complexity index is 628. The normalized spacial score (nSPS) is 16.6. The molecule has 0 atom stereocenters. The zero-order valence-electron chi connectivity index (χ0n) is 12.4. The highest BCUT2D eigenvalue weighted by atomic mass is 15.2. The van der Waals surface area contributed by atoms with Crippen molar-refractivity contribution in [2.75, 3.05) is 5.43 Å². The Kier molecular flexibility index (Phi) is 3.62. The number of anilines is 1. The molecule has 3 heteroatoms. The molecule has 0 amide bonds. The van der Waals surface area contributed by atoms with E-state index in [1.165, 1.54) is 54.2 Å². The van der Waals surface area contributed by atoms with Crippen LogP contribution in [-0.2, 0) is 0 Å². The third-order valence-electron chi connectivity index (χ3n) is 4.46. The Labute approximate surface area is 120 Å². The number of hydrogen-bond donors (Lipinski definition) is 2. The van der Waals surface area contributed by atoms with Gasteiger partial charge in [-0.1, -0.05) is 30.9 Å². The van der Waals surface area contributed by atoms with Crippen molar-refractivity contribution in [3.63, 3.8) is 0 Å². The molecule has 0 radical (unpaired) electrons. The van der Waals surface area contributed by atoms with Gasteiger partial charge in [0.2, 0.25) is 0 Å². The largest absolute Gasteiger partial charge is 0.308 e. The molecule has 3 nitrogen and oxygen atoms in total. The van der Waals surface area contributed by atoms with E-state index in [9.17, 15) is 0 Å². The second-order valence-electron chi connectivity index (χ2n) is 6.06. The van der Waals surface area contributed by atoms with Crippen molar-refractivity contribution in [2.24, 2.45) is 5.84 Å². The molecule has 106 valence electrons. The molecule has 2 aromatic rings. The fraction of sp³-hybridized carbons (Fsp3) is 0.471. The lowest BCUT2D eigenvalue weighted by molar-refractivity contribution is 0.444. The van der Waals surface area contributed by atoms with Crippen molar-refractivity contribution in [2.45, 2.75) is 51.9 Å². The first-order chi connectivity index (χ1) is 9.69. The molecule has 3 rings (SSSR count). The number of rotatable bonds is 2. The minimum Gasteiger partial charge on any atom is -0.308 e. The molecule has 0 aliphatic heterocycles. The number of nitrogens with zero attached hydrogens (tertiary/aromatic N) is 1. The topological polar surface area (TPSA) is 50.9 Å². The summed E-state index contributed by atoms with van der Waals surface area (Å²) in [4.78, 5) is 4.77. The van der Waals surface area contributed by atoms with Crippen LogP contribution < -0.4 is 11.3 Å². The molecular weight excluding hydrogens is 246 g/mol. The Hall–Kier alpha value is -1.61. The van der Waals surface area contributed by atoms with Crippen LogP contribution >= 0.6 is 0 Å². The van der Waals surface area contributed by atoms with Crippen LogP contribution in [0.2, 0.25) is 0 Å². The van der Waals surface area contributed by atoms with Crippen molar-refractivity contribution in [3.8, 4) is 0 Å². The van der Waals surface area contributed by atoms with E-state index in [4.69, 9.17) is 10.8 Å². The second kappa shape index (κ2) is 5.41. The van der Waals surface area contributed by atoms with Gasteiger partial charge in [0.1, 0.15) is 5.82 Å². The molecular formula is C17H23N3. The van der Waals surface area contributed by atoms with E-state index in [0.717, 1.165) is 11.3 Å². The molecule has 0 saturated heterocycles. The van der Waals surface area contributed by atoms with Crippen LogP contribution in [0.25, 0.3) is 10.9 Å². The maximum Gasteiger partial charge on any atom is 0.144 e. The summed E-state index contributed by atoms with van der Waals surface area (Å²) in [6, 6.07) is 6.70. The monoisotopic (exact) mass is 269 g/mol. The number of nitrogens with one attached hydrogen (secondary N) is 1. The first kappa shape index (κ1) is 13.4. The van der Waals surface area contributed by atoms with Crippen LogP contribution in [0.4, 0.5) is 5.82 Å². The smallest absolute Gasteiger partial charge is 0.144 e. The molecule has 0 spiro atoms. The molecule has 0 unspecified atom stereocenters. The summed E-state index contributed by atoms with van der Waals surface area (Å²) in [6.07, 6.45) is 6.51. The van der Waals surface area contributed by atoms with Gasteiger partial charge in [-0.2, -0.15) is 0 Å². The predicted octanol–water partition coefficient (Wildman–Crippen LogP) is 4.18. The highest BCUT2D eigenvalue weighted by Gasteiger charge is 2.20. The molecule has 1 aliphatic rings. The molecule has 1 aliphatic carbocycles. The van der Waals surface area contributed by atoms with Gasteiger partial charge in [-0.05, 0) is 55.9 Å². The van der Waals surface area contributed by atoms with Gasteiger partial charge in [0.25, 0.3) is 0 Å². The van der Waals surface area contributed by atoms with Crippen LogP contribution in [0.3, 0.4) is 0 Å². The van der Waals surface area contributed by atoms with Gasteiger partial charge in [0.15, 0.2) is 0 Å². The highest BCUT2D eigenvalue weighted by Crippen LogP contribution is 2.37. The highest BCUT2D eigenvalue weighted by molar-refractivity contribution is 5.85. The molecule has 1 aromatic heterocycles. The summed E-state index contributed by atoms with van der Waals surface area (Å²) in [5, 5.41) is 1.24. The van der Waals surface area contributed by atoms with Gasteiger partial charge in [-0.25, -0.2) is 10.8 Å². The van der Waals surface area contributed by atoms with E-state index in [-0.39, 0.29) is 0 Å². The summed E-state index contributed by atoms with van der Waals surface area (Å²) in [5.41, 5.74) is 7.68. The third kappa shape index (κ3) is 2.38. The summed E-state index contributed by atoms with van der Waals surface area (Å²) in [6.45, 7) is 4.25. The summed E-state index contributed by atoms with van der Waals surface area (Å²) < 4.78 is 0. The molecule has 20 heavy (non-hydrogen) atoms. The van der Waals surface area contributed by atoms with Crippen LogP contribution in [0.5, 0.6) is 0 Å². The lowest BCUT2D eigenvalue weighted by Crippen LogP contribution is -2.15. The average Bonchev–Trinajstić information content (AvgIpc) is 2.47. The van der Waals surface area contributed by atoms with Crippen LogP contribution in [0.15, 0.2) is 18.2 Å². The van der Waals surface area contributed by atoms with Gasteiger partial charge in [0, 0.05) is 5.39 Å². The number of fused-ring (bicyclic) bond motifs is 1. The fourth-order valence-corrected chi connectivity index (χ4v) is 3.51. The molecule has 1 aromatic carbocycles. The number of pyridine rings is 1. The van der Waals surface area contributed by atoms with Gasteiger partial charge >= 0.3 is 0 Å². The summed E-state index contributed by atoms with van der Waals surface area (Å²) in [7, 11) is 0. The van der Waals surface area contributed by atoms with Crippen molar-refractivity contribution >= 4 is 16.7 Å². The third-order valence-corrected chi connectivity index (χ3v) is 4.46. The quantitative estimate of drug-likeness (QED) is 0.635. The molecule has 1 fully saturated rings. The van der Waals surface area contributed by atoms with Crippen LogP contribution in [0.1, 0.15) is 54.7 Å². The Balaban J connectivity index is 2.15. The number of aromatic nitrogens is 1. The van der Waals surface area contributed by atoms with Crippen LogP contribution in [-0.4, -0.2) is 4.98 Å². The Morgan fingerprint density at radius 1 is 1.10 bits per heavy atom. The number of nitrogen functional groups attached to an aromatic ring is 1. The van der Waals surface area contributed by atoms with E-state index in [0.29, 0.717) is 5.92 Å². The van der Waals surface area contributed by atoms with E-state index >= 15 is 0 Å². The maximum absolute atomic E-state index is 5.72. The molecule has 3 N–H and O–H groups in total. The van der Waals surface area contributed by atoms with Crippen molar-refractivity contribution in [3.05, 3.63) is 34.9 Å². The van der Waals surface area contributed by atoms with E-state index < -0.39 is 0 Å². The first-order valence-corrected chi connectivity index (χ1v) is 7.57. The lowest BCUT2D eigenvalue weighted by Gasteiger charge is -2.24. The van der Waals surface area contributed by atoms with Gasteiger partial charge < -0.3 is 5.43 Å². The fourth-order valence-electron chi connectivity index (χ4n) is 3.51. The van der Waals surface area contributed by atoms with Crippen molar-refractivity contribution < 1.29 is 0 Å². The number of aryl methyl sites for hydroxylation is 2. The standard InChI is InChI=1S/C17H23N3/c1-11-8-12(2)16-14(9-11)10-15(17(19-16)20-18)13-6-4-3-5-7-13/h8-10,13H,3-7,18H2,1-2H3,(H,19,20). The minimum atomic E-state index is 0.604. The summed E-state index contributed by atoms with van der Waals surface area (Å²) >= 11 is 0. The predicted molar refractivity (Wildman–Crippen MR) is 84.9 cm³/mol. The Morgan fingerprint density at radius 2 is 1.85 bits per heavy atom. The zero-order valence-corrected chi connectivity index (χ0v) is 12.4. The number of benzene rings is 1. The molecule has 0 bridgehead atoms. The SMILES string of the molecule is Cc1cc(C)c2nc(NN)c(C3CCCCC3)cc2c1. The van der Waals surface area contributed by atoms with E-state index in [2.05, 4.69) is 37.5 Å². The van der Waals surface area contributed by atoms with E-state index in [1.807, 2.05) is 0 Å². The van der Waals surface area contributed by atoms with Gasteiger partial charge in [-0.15, -0.1) is 0 Å². The van der Waals surface area contributed by atoms with Crippen LogP contribution in [0, 0.1) is 13.8 Å². The van der Waals surface area contributed by atoms with Gasteiger partial charge in [0.05, 0.1) is 5.52 Å². The van der Waals surface area contributed by atoms with Gasteiger partial charge in [-0.3, -0.25) is 0 Å². The average molecular weight is 269 g/mol. The first-order valence-electron chi connectivity index (χ1n) is 7.57. The number of hydrazine groups is 1. The zero-order chi connectivity index (χ0) is 14.1. The second-order valence-corrected chi connectivity index (χ2v) is 6.06. The maximum atomic E-state index is 5.72. The minimum absolute atomic E-state index is 0.604. The summed E-state index contributed by atoms with van der Waals surface area (Å²) in [5.74, 6) is 7.18. The molecule has 1 saturated carbocycles. The van der Waals surface area contributed by atoms with E-state index in [1.54, 1.807) is 0 Å². The number of hydrogen-bond acceptors (Lipinski definition) is 3. The van der Waals surface area contributed by atoms with Crippen molar-refractivity contribution in [1.29, 1.82) is 0 Å².